The molecule has 1 aliphatic carbocycles. The van der Waals surface area contributed by atoms with Crippen molar-refractivity contribution in [2.75, 3.05) is 6.54 Å². The van der Waals surface area contributed by atoms with Crippen LogP contribution in [-0.2, 0) is 4.79 Å². The van der Waals surface area contributed by atoms with E-state index in [1.807, 2.05) is 25.3 Å². The molecule has 3 heterocycles. The second-order valence-corrected chi connectivity index (χ2v) is 9.42. The van der Waals surface area contributed by atoms with E-state index < -0.39 is 5.97 Å². The molecule has 1 atom stereocenters. The molecule has 0 spiro atoms. The first-order chi connectivity index (χ1) is 14.8. The van der Waals surface area contributed by atoms with Gasteiger partial charge in [0.05, 0.1) is 16.2 Å². The third-order valence-electron chi connectivity index (χ3n) is 6.18. The average molecular weight is 443 g/mol. The molecular formula is C22H26N4O4S. The second-order valence-electron chi connectivity index (χ2n) is 8.31. The molecule has 0 radical (unpaired) electrons. The van der Waals surface area contributed by atoms with Crippen molar-refractivity contribution < 1.29 is 14.7 Å². The summed E-state index contributed by atoms with van der Waals surface area (Å²) in [7, 11) is 0. The fraction of sp³-hybridized carbons (Fsp3) is 0.455. The third-order valence-corrected chi connectivity index (χ3v) is 7.45. The van der Waals surface area contributed by atoms with Crippen LogP contribution in [0.15, 0.2) is 23.1 Å². The second kappa shape index (κ2) is 8.66. The van der Waals surface area contributed by atoms with Crippen molar-refractivity contribution in [2.45, 2.75) is 45.4 Å². The summed E-state index contributed by atoms with van der Waals surface area (Å²) < 4.78 is 0. The van der Waals surface area contributed by atoms with Gasteiger partial charge in [0, 0.05) is 23.5 Å². The van der Waals surface area contributed by atoms with Crippen LogP contribution in [-0.4, -0.2) is 38.5 Å². The smallest absolute Gasteiger partial charge is 0.306 e. The minimum Gasteiger partial charge on any atom is -0.481 e. The topological polar surface area (TPSA) is 128 Å². The Morgan fingerprint density at radius 2 is 2.03 bits per heavy atom. The van der Waals surface area contributed by atoms with Gasteiger partial charge in [0.2, 0.25) is 0 Å². The lowest BCUT2D eigenvalue weighted by Crippen LogP contribution is -2.32. The number of thiophene rings is 1. The van der Waals surface area contributed by atoms with Gasteiger partial charge in [0.15, 0.2) is 0 Å². The molecule has 0 saturated heterocycles. The molecular weight excluding hydrogens is 416 g/mol. The number of fused-ring (bicyclic) bond motifs is 1. The minimum atomic E-state index is -0.717. The predicted molar refractivity (Wildman–Crippen MR) is 119 cm³/mol. The van der Waals surface area contributed by atoms with Gasteiger partial charge in [-0.05, 0) is 56.2 Å². The van der Waals surface area contributed by atoms with Crippen LogP contribution in [0.3, 0.4) is 0 Å². The van der Waals surface area contributed by atoms with E-state index in [2.05, 4.69) is 20.3 Å². The van der Waals surface area contributed by atoms with E-state index in [1.54, 1.807) is 6.92 Å². The molecule has 4 N–H and O–H groups in total. The molecule has 3 aromatic rings. The van der Waals surface area contributed by atoms with Crippen molar-refractivity contribution in [3.63, 3.8) is 0 Å². The Kier molecular flexibility index (Phi) is 5.95. The number of amides is 1. The molecule has 1 unspecified atom stereocenters. The largest absolute Gasteiger partial charge is 0.481 e. The summed E-state index contributed by atoms with van der Waals surface area (Å²) in [5.74, 6) is -0.248. The molecule has 1 saturated carbocycles. The first-order valence-electron chi connectivity index (χ1n) is 10.5. The number of nitrogens with one attached hydrogen (secondary N) is 3. The number of aryl methyl sites for hydroxylation is 1. The van der Waals surface area contributed by atoms with Crippen molar-refractivity contribution >= 4 is 34.2 Å². The summed E-state index contributed by atoms with van der Waals surface area (Å²) in [6, 6.07) is 3.74. The highest BCUT2D eigenvalue weighted by Gasteiger charge is 2.26. The van der Waals surface area contributed by atoms with Crippen molar-refractivity contribution in [1.82, 2.24) is 20.3 Å². The predicted octanol–water partition coefficient (Wildman–Crippen LogP) is 3.39. The van der Waals surface area contributed by atoms with Gasteiger partial charge >= 0.3 is 5.97 Å². The van der Waals surface area contributed by atoms with E-state index in [4.69, 9.17) is 5.11 Å². The normalized spacial score (nSPS) is 19.9. The molecule has 0 aromatic carbocycles. The first-order valence-corrected chi connectivity index (χ1v) is 11.3. The number of hydrogen-bond acceptors (Lipinski definition) is 5. The summed E-state index contributed by atoms with van der Waals surface area (Å²) in [5, 5.41) is 12.6. The van der Waals surface area contributed by atoms with E-state index in [9.17, 15) is 14.4 Å². The summed E-state index contributed by atoms with van der Waals surface area (Å²) in [6.07, 6.45) is 4.81. The highest BCUT2D eigenvalue weighted by molar-refractivity contribution is 7.14. The Hall–Kier alpha value is -2.94. The Morgan fingerprint density at radius 3 is 2.74 bits per heavy atom. The van der Waals surface area contributed by atoms with E-state index in [-0.39, 0.29) is 23.3 Å². The van der Waals surface area contributed by atoms with E-state index in [1.165, 1.54) is 11.3 Å². The maximum atomic E-state index is 12.6. The fourth-order valence-corrected chi connectivity index (χ4v) is 5.31. The van der Waals surface area contributed by atoms with Gasteiger partial charge in [-0.2, -0.15) is 0 Å². The van der Waals surface area contributed by atoms with Crippen LogP contribution in [0.1, 0.15) is 64.5 Å². The number of carboxylic acids is 1. The average Bonchev–Trinajstić information content (AvgIpc) is 3.39. The van der Waals surface area contributed by atoms with Gasteiger partial charge in [-0.1, -0.05) is 6.92 Å². The summed E-state index contributed by atoms with van der Waals surface area (Å²) in [6.45, 7) is 4.32. The molecule has 164 valence electrons. The zero-order chi connectivity index (χ0) is 22.1. The highest BCUT2D eigenvalue weighted by atomic mass is 32.1. The number of aromatic nitrogens is 3. The lowest BCUT2D eigenvalue weighted by Gasteiger charge is -2.26. The number of carboxylic acid groups (broad SMARTS) is 1. The molecule has 3 aromatic heterocycles. The molecule has 8 nitrogen and oxygen atoms in total. The number of carbonyl (C=O) groups excluding carboxylic acids is 1. The molecule has 31 heavy (non-hydrogen) atoms. The van der Waals surface area contributed by atoms with Crippen LogP contribution in [0.5, 0.6) is 0 Å². The van der Waals surface area contributed by atoms with Crippen LogP contribution < -0.4 is 10.9 Å². The quantitative estimate of drug-likeness (QED) is 0.465. The van der Waals surface area contributed by atoms with Gasteiger partial charge in [-0.15, -0.1) is 11.3 Å². The number of rotatable bonds is 6. The number of carbonyl (C=O) groups is 2. The summed E-state index contributed by atoms with van der Waals surface area (Å²) >= 11 is 1.42. The minimum absolute atomic E-state index is 0.0581. The number of H-pyrrole nitrogens is 2. The van der Waals surface area contributed by atoms with Crippen LogP contribution in [0.2, 0.25) is 0 Å². The number of aromatic amines is 2. The first kappa shape index (κ1) is 21.3. The van der Waals surface area contributed by atoms with Gasteiger partial charge in [-0.25, -0.2) is 4.98 Å². The monoisotopic (exact) mass is 442 g/mol. The van der Waals surface area contributed by atoms with Crippen molar-refractivity contribution in [2.24, 2.45) is 11.8 Å². The molecule has 4 rings (SSSR count). The Balaban J connectivity index is 1.41. The van der Waals surface area contributed by atoms with E-state index in [0.717, 1.165) is 23.3 Å². The lowest BCUT2D eigenvalue weighted by molar-refractivity contribution is -0.143. The lowest BCUT2D eigenvalue weighted by atomic mass is 9.82. The van der Waals surface area contributed by atoms with Crippen LogP contribution in [0, 0.1) is 18.8 Å². The molecule has 0 aliphatic heterocycles. The maximum Gasteiger partial charge on any atom is 0.306 e. The number of nitrogens with zero attached hydrogens (tertiary/aromatic N) is 1. The maximum absolute atomic E-state index is 12.6. The fourth-order valence-electron chi connectivity index (χ4n) is 4.32. The molecule has 9 heteroatoms. The Bertz CT molecular complexity index is 1170. The summed E-state index contributed by atoms with van der Waals surface area (Å²) in [4.78, 5) is 47.9. The number of aliphatic carboxylic acids is 1. The zero-order valence-corrected chi connectivity index (χ0v) is 18.3. The summed E-state index contributed by atoms with van der Waals surface area (Å²) in [5.41, 5.74) is 1.25. The zero-order valence-electron chi connectivity index (χ0n) is 17.5. The number of hydrogen-bond donors (Lipinski definition) is 4. The molecule has 1 amide bonds. The molecule has 1 fully saturated rings. The van der Waals surface area contributed by atoms with Crippen LogP contribution >= 0.6 is 11.3 Å². The third kappa shape index (κ3) is 4.41. The van der Waals surface area contributed by atoms with E-state index in [0.29, 0.717) is 47.0 Å². The Morgan fingerprint density at radius 1 is 1.29 bits per heavy atom. The standard InChI is InChI=1S/C22H26N4O4S/c1-11(15-10-23-19-18(15)21(28)26-12(2)25-19)16-7-8-17(31-16)20(27)24-9-13-3-5-14(6-4-13)22(29)30/h7-8,10-11,13-14H,3-6,9H2,1-2H3,(H,24,27)(H,29,30)(H2,23,25,26,28). The van der Waals surface area contributed by atoms with Gasteiger partial charge in [0.1, 0.15) is 11.5 Å². The van der Waals surface area contributed by atoms with Crippen molar-refractivity contribution in [1.29, 1.82) is 0 Å². The Labute approximate surface area is 183 Å². The molecule has 1 aliphatic rings. The van der Waals surface area contributed by atoms with Gasteiger partial charge < -0.3 is 20.4 Å². The molecule has 0 bridgehead atoms. The van der Waals surface area contributed by atoms with Crippen LogP contribution in [0.4, 0.5) is 0 Å². The van der Waals surface area contributed by atoms with E-state index >= 15 is 0 Å². The van der Waals surface area contributed by atoms with Crippen molar-refractivity contribution in [3.05, 3.63) is 49.8 Å². The highest BCUT2D eigenvalue weighted by Crippen LogP contribution is 2.33. The van der Waals surface area contributed by atoms with Gasteiger partial charge in [0.25, 0.3) is 11.5 Å². The SMILES string of the molecule is Cc1nc2[nH]cc(C(C)c3ccc(C(=O)NCC4CCC(C(=O)O)CC4)s3)c2c(=O)[nH]1. The van der Waals surface area contributed by atoms with Crippen LogP contribution in [0.25, 0.3) is 11.0 Å². The van der Waals surface area contributed by atoms with Gasteiger partial charge in [-0.3, -0.25) is 14.4 Å². The van der Waals surface area contributed by atoms with Crippen molar-refractivity contribution in [3.8, 4) is 0 Å².